The van der Waals surface area contributed by atoms with Gasteiger partial charge < -0.3 is 19.9 Å². The van der Waals surface area contributed by atoms with E-state index in [0.717, 1.165) is 0 Å². The van der Waals surface area contributed by atoms with Gasteiger partial charge in [0.15, 0.2) is 11.5 Å². The largest absolute Gasteiger partial charge is 0.493 e. The molecule has 0 spiro atoms. The topological polar surface area (TPSA) is 84.9 Å². The number of rotatable bonds is 5. The Kier molecular flexibility index (Phi) is 4.17. The number of carboxylic acid groups (broad SMARTS) is 1. The van der Waals surface area contributed by atoms with Crippen molar-refractivity contribution >= 4 is 33.5 Å². The second kappa shape index (κ2) is 5.70. The third kappa shape index (κ3) is 2.87. The number of methoxy groups -OCH3 is 2. The zero-order valence-corrected chi connectivity index (χ0v) is 12.6. The number of carboxylic acids is 1. The number of hydrogen-bond donors (Lipinski definition) is 2. The smallest absolute Gasteiger partial charge is 0.307 e. The average molecular weight is 344 g/mol. The Morgan fingerprint density at radius 3 is 2.35 bits per heavy atom. The first kappa shape index (κ1) is 14.6. The zero-order valence-electron chi connectivity index (χ0n) is 11.0. The first-order chi connectivity index (χ1) is 9.47. The molecule has 0 radical (unpaired) electrons. The molecule has 2 N–H and O–H groups in total. The lowest BCUT2D eigenvalue weighted by molar-refractivity contribution is -0.139. The second-order valence-corrected chi connectivity index (χ2v) is 5.32. The summed E-state index contributed by atoms with van der Waals surface area (Å²) in [7, 11) is 3.02. The number of carbonyl (C=O) groups excluding carboxylic acids is 1. The summed E-state index contributed by atoms with van der Waals surface area (Å²) in [5, 5.41) is 11.5. The highest BCUT2D eigenvalue weighted by molar-refractivity contribution is 9.10. The molecule has 0 aliphatic heterocycles. The average Bonchev–Trinajstić information content (AvgIpc) is 3.20. The van der Waals surface area contributed by atoms with Crippen LogP contribution in [0.15, 0.2) is 16.6 Å². The SMILES string of the molecule is COc1cc(Br)c(NC(=O)C2CC2C(=O)O)cc1OC. The molecule has 2 unspecified atom stereocenters. The molecule has 1 aliphatic rings. The van der Waals surface area contributed by atoms with E-state index < -0.39 is 17.8 Å². The van der Waals surface area contributed by atoms with E-state index in [1.165, 1.54) is 14.2 Å². The third-order valence-corrected chi connectivity index (χ3v) is 3.83. The van der Waals surface area contributed by atoms with Crippen LogP contribution in [-0.2, 0) is 9.59 Å². The minimum atomic E-state index is -0.934. The molecule has 20 heavy (non-hydrogen) atoms. The lowest BCUT2D eigenvalue weighted by Crippen LogP contribution is -2.17. The van der Waals surface area contributed by atoms with Crippen molar-refractivity contribution in [1.29, 1.82) is 0 Å². The quantitative estimate of drug-likeness (QED) is 0.855. The number of carbonyl (C=O) groups is 2. The summed E-state index contributed by atoms with van der Waals surface area (Å²) in [5.41, 5.74) is 0.517. The molecule has 2 atom stereocenters. The van der Waals surface area contributed by atoms with Crippen LogP contribution >= 0.6 is 15.9 Å². The van der Waals surface area contributed by atoms with Crippen molar-refractivity contribution in [2.75, 3.05) is 19.5 Å². The van der Waals surface area contributed by atoms with Crippen molar-refractivity contribution in [3.8, 4) is 11.5 Å². The van der Waals surface area contributed by atoms with Gasteiger partial charge in [-0.25, -0.2) is 0 Å². The highest BCUT2D eigenvalue weighted by atomic mass is 79.9. The molecule has 1 aromatic carbocycles. The molecular weight excluding hydrogens is 330 g/mol. The van der Waals surface area contributed by atoms with Crippen molar-refractivity contribution in [2.45, 2.75) is 6.42 Å². The summed E-state index contributed by atoms with van der Waals surface area (Å²) in [5.74, 6) is -1.26. The van der Waals surface area contributed by atoms with Gasteiger partial charge in [0.1, 0.15) is 0 Å². The molecule has 1 saturated carbocycles. The van der Waals surface area contributed by atoms with Gasteiger partial charge in [0, 0.05) is 16.6 Å². The Bertz CT molecular complexity index is 560. The Morgan fingerprint density at radius 1 is 1.25 bits per heavy atom. The number of benzene rings is 1. The number of ether oxygens (including phenoxy) is 2. The molecule has 6 nitrogen and oxygen atoms in total. The Labute approximate surface area is 124 Å². The molecule has 1 aliphatic carbocycles. The van der Waals surface area contributed by atoms with Crippen LogP contribution in [0.2, 0.25) is 0 Å². The molecule has 0 bridgehead atoms. The molecule has 2 rings (SSSR count). The van der Waals surface area contributed by atoms with Gasteiger partial charge in [-0.3, -0.25) is 9.59 Å². The van der Waals surface area contributed by atoms with Gasteiger partial charge >= 0.3 is 5.97 Å². The normalized spacial score (nSPS) is 20.1. The van der Waals surface area contributed by atoms with Crippen molar-refractivity contribution in [1.82, 2.24) is 0 Å². The third-order valence-electron chi connectivity index (χ3n) is 3.18. The highest BCUT2D eigenvalue weighted by Gasteiger charge is 2.48. The van der Waals surface area contributed by atoms with Gasteiger partial charge in [0.25, 0.3) is 0 Å². The predicted octanol–water partition coefficient (Wildman–Crippen LogP) is 2.13. The Morgan fingerprint density at radius 2 is 1.85 bits per heavy atom. The van der Waals surface area contributed by atoms with Crippen molar-refractivity contribution in [3.63, 3.8) is 0 Å². The zero-order chi connectivity index (χ0) is 14.9. The van der Waals surface area contributed by atoms with E-state index in [1.807, 2.05) is 0 Å². The predicted molar refractivity (Wildman–Crippen MR) is 75.1 cm³/mol. The van der Waals surface area contributed by atoms with Gasteiger partial charge in [0.2, 0.25) is 5.91 Å². The summed E-state index contributed by atoms with van der Waals surface area (Å²) in [6.07, 6.45) is 0.381. The number of nitrogens with one attached hydrogen (secondary N) is 1. The molecule has 108 valence electrons. The Balaban J connectivity index is 2.14. The van der Waals surface area contributed by atoms with E-state index >= 15 is 0 Å². The number of halogens is 1. The van der Waals surface area contributed by atoms with Gasteiger partial charge in [-0.2, -0.15) is 0 Å². The summed E-state index contributed by atoms with van der Waals surface area (Å²) < 4.78 is 10.9. The molecule has 1 fully saturated rings. The fourth-order valence-corrected chi connectivity index (χ4v) is 2.35. The fraction of sp³-hybridized carbons (Fsp3) is 0.385. The van der Waals surface area contributed by atoms with Gasteiger partial charge in [0.05, 0.1) is 31.7 Å². The van der Waals surface area contributed by atoms with Crippen LogP contribution in [0.5, 0.6) is 11.5 Å². The number of hydrogen-bond acceptors (Lipinski definition) is 4. The maximum absolute atomic E-state index is 11.9. The molecule has 1 amide bonds. The molecule has 1 aromatic rings. The van der Waals surface area contributed by atoms with Crippen LogP contribution in [-0.4, -0.2) is 31.2 Å². The second-order valence-electron chi connectivity index (χ2n) is 4.46. The van der Waals surface area contributed by atoms with Crippen LogP contribution < -0.4 is 14.8 Å². The van der Waals surface area contributed by atoms with Gasteiger partial charge in [-0.1, -0.05) is 0 Å². The maximum atomic E-state index is 11.9. The number of anilines is 1. The molecule has 0 heterocycles. The van der Waals surface area contributed by atoms with E-state index in [1.54, 1.807) is 12.1 Å². The number of aliphatic carboxylic acids is 1. The van der Waals surface area contributed by atoms with Gasteiger partial charge in [-0.15, -0.1) is 0 Å². The highest BCUT2D eigenvalue weighted by Crippen LogP contribution is 2.41. The van der Waals surface area contributed by atoms with E-state index in [9.17, 15) is 9.59 Å². The first-order valence-electron chi connectivity index (χ1n) is 5.93. The van der Waals surface area contributed by atoms with Crippen molar-refractivity contribution < 1.29 is 24.2 Å². The van der Waals surface area contributed by atoms with Crippen LogP contribution in [0.25, 0.3) is 0 Å². The van der Waals surface area contributed by atoms with Crippen LogP contribution in [0.3, 0.4) is 0 Å². The van der Waals surface area contributed by atoms with E-state index in [2.05, 4.69) is 21.2 Å². The summed E-state index contributed by atoms with van der Waals surface area (Å²) in [4.78, 5) is 22.7. The van der Waals surface area contributed by atoms with Crippen LogP contribution in [0.4, 0.5) is 5.69 Å². The molecule has 7 heteroatoms. The standard InChI is InChI=1S/C13H14BrNO5/c1-19-10-4-8(14)9(5-11(10)20-2)15-12(16)6-3-7(6)13(17)18/h4-7H,3H2,1-2H3,(H,15,16)(H,17,18). The van der Waals surface area contributed by atoms with E-state index in [-0.39, 0.29) is 5.91 Å². The number of amides is 1. The van der Waals surface area contributed by atoms with Crippen molar-refractivity contribution in [2.24, 2.45) is 11.8 Å². The van der Waals surface area contributed by atoms with Crippen LogP contribution in [0.1, 0.15) is 6.42 Å². The van der Waals surface area contributed by atoms with E-state index in [4.69, 9.17) is 14.6 Å². The minimum Gasteiger partial charge on any atom is -0.493 e. The van der Waals surface area contributed by atoms with E-state index in [0.29, 0.717) is 28.1 Å². The fourth-order valence-electron chi connectivity index (χ4n) is 1.93. The summed E-state index contributed by atoms with van der Waals surface area (Å²) in [6.45, 7) is 0. The molecular formula is C13H14BrNO5. The summed E-state index contributed by atoms with van der Waals surface area (Å²) in [6, 6.07) is 3.30. The first-order valence-corrected chi connectivity index (χ1v) is 6.72. The molecule has 0 aromatic heterocycles. The lowest BCUT2D eigenvalue weighted by Gasteiger charge is -2.12. The van der Waals surface area contributed by atoms with Gasteiger partial charge in [-0.05, 0) is 22.4 Å². The minimum absolute atomic E-state index is 0.301. The summed E-state index contributed by atoms with van der Waals surface area (Å²) >= 11 is 3.33. The monoisotopic (exact) mass is 343 g/mol. The lowest BCUT2D eigenvalue weighted by atomic mass is 10.2. The molecule has 0 saturated heterocycles. The van der Waals surface area contributed by atoms with Crippen LogP contribution in [0, 0.1) is 11.8 Å². The Hall–Kier alpha value is -1.76. The van der Waals surface area contributed by atoms with Crippen molar-refractivity contribution in [3.05, 3.63) is 16.6 Å². The maximum Gasteiger partial charge on any atom is 0.307 e.